The number of benzene rings is 2. The third kappa shape index (κ3) is 6.97. The lowest BCUT2D eigenvalue weighted by Gasteiger charge is -2.23. The third-order valence-corrected chi connectivity index (χ3v) is 7.40. The number of ether oxygens (including phenoxy) is 2. The minimum Gasteiger partial charge on any atom is -1.00 e. The number of nitrogens with zero attached hydrogens (tertiary/aromatic N) is 2. The van der Waals surface area contributed by atoms with E-state index in [-0.39, 0.29) is 51.8 Å². The second-order valence-electron chi connectivity index (χ2n) is 9.62. The van der Waals surface area contributed by atoms with E-state index in [1.165, 1.54) is 0 Å². The SMILES string of the molecule is COc1ccc(C(=O)C(C)[n+]2ccccc2C)cc1.COc1ccc(C2(O)Cc3cccc[n+]3C2C)cc1.[Br-].[Br-]. The zero-order chi connectivity index (χ0) is 27.3. The first-order valence-electron chi connectivity index (χ1n) is 12.8. The van der Waals surface area contributed by atoms with Crippen LogP contribution in [0.15, 0.2) is 97.3 Å². The van der Waals surface area contributed by atoms with E-state index in [9.17, 15) is 9.90 Å². The molecule has 1 aliphatic heterocycles. The van der Waals surface area contributed by atoms with E-state index >= 15 is 0 Å². The van der Waals surface area contributed by atoms with Crippen LogP contribution in [-0.4, -0.2) is 25.1 Å². The maximum atomic E-state index is 12.4. The Morgan fingerprint density at radius 2 is 1.43 bits per heavy atom. The van der Waals surface area contributed by atoms with E-state index in [4.69, 9.17) is 9.47 Å². The average molecular weight is 672 g/mol. The molecule has 0 radical (unpaired) electrons. The minimum absolute atomic E-state index is 0. The summed E-state index contributed by atoms with van der Waals surface area (Å²) in [6.45, 7) is 5.97. The van der Waals surface area contributed by atoms with Crippen LogP contribution in [0.4, 0.5) is 0 Å². The quantitative estimate of drug-likeness (QED) is 0.205. The Hall–Kier alpha value is -3.07. The summed E-state index contributed by atoms with van der Waals surface area (Å²) in [5, 5.41) is 11.1. The van der Waals surface area contributed by atoms with Crippen molar-refractivity contribution in [2.45, 2.75) is 44.9 Å². The second-order valence-corrected chi connectivity index (χ2v) is 9.62. The lowest BCUT2D eigenvalue weighted by molar-refractivity contribution is -0.723. The van der Waals surface area contributed by atoms with Crippen molar-refractivity contribution in [2.24, 2.45) is 0 Å². The lowest BCUT2D eigenvalue weighted by Crippen LogP contribution is -3.00. The van der Waals surface area contributed by atoms with Crippen LogP contribution in [0.1, 0.15) is 53.2 Å². The molecule has 5 rings (SSSR count). The van der Waals surface area contributed by atoms with E-state index in [1.54, 1.807) is 26.4 Å². The van der Waals surface area contributed by atoms with Crippen molar-refractivity contribution in [2.75, 3.05) is 14.2 Å². The summed E-state index contributed by atoms with van der Waals surface area (Å²) in [6, 6.07) is 26.7. The number of hydrogen-bond donors (Lipinski definition) is 1. The number of aryl methyl sites for hydroxylation is 1. The first-order chi connectivity index (χ1) is 18.3. The fraction of sp³-hybridized carbons (Fsp3) is 0.281. The predicted molar refractivity (Wildman–Crippen MR) is 145 cm³/mol. The topological polar surface area (TPSA) is 63.5 Å². The number of Topliss-reactive ketones (excluding diaryl/α,β-unsaturated/α-hetero) is 1. The normalized spacial score (nSPS) is 17.6. The van der Waals surface area contributed by atoms with Gasteiger partial charge in [0.05, 0.1) is 20.6 Å². The number of carbonyl (C=O) groups is 1. The van der Waals surface area contributed by atoms with E-state index in [1.807, 2.05) is 97.5 Å². The van der Waals surface area contributed by atoms with Gasteiger partial charge in [-0.15, -0.1) is 0 Å². The molecule has 3 atom stereocenters. The van der Waals surface area contributed by atoms with Gasteiger partial charge in [0.2, 0.25) is 11.8 Å². The number of ketones is 1. The van der Waals surface area contributed by atoms with E-state index in [0.29, 0.717) is 12.0 Å². The molecule has 0 saturated carbocycles. The molecule has 2 aromatic carbocycles. The van der Waals surface area contributed by atoms with Gasteiger partial charge in [0, 0.05) is 50.6 Å². The molecular formula is C32H36Br2N2O4. The molecule has 0 saturated heterocycles. The summed E-state index contributed by atoms with van der Waals surface area (Å²) in [4.78, 5) is 12.4. The van der Waals surface area contributed by atoms with Crippen molar-refractivity contribution in [3.05, 3.63) is 120 Å². The molecule has 1 N–H and O–H groups in total. The van der Waals surface area contributed by atoms with Gasteiger partial charge in [-0.25, -0.2) is 0 Å². The van der Waals surface area contributed by atoms with Gasteiger partial charge >= 0.3 is 0 Å². The van der Waals surface area contributed by atoms with Gasteiger partial charge in [-0.05, 0) is 42.0 Å². The molecule has 4 aromatic rings. The Kier molecular flexibility index (Phi) is 12.0. The van der Waals surface area contributed by atoms with Crippen molar-refractivity contribution in [3.63, 3.8) is 0 Å². The van der Waals surface area contributed by atoms with Crippen molar-refractivity contribution < 1.29 is 62.5 Å². The number of halogens is 2. The molecule has 6 nitrogen and oxygen atoms in total. The number of rotatable bonds is 6. The van der Waals surface area contributed by atoms with Crippen LogP contribution in [0, 0.1) is 6.92 Å². The molecule has 212 valence electrons. The Labute approximate surface area is 257 Å². The molecule has 2 aromatic heterocycles. The largest absolute Gasteiger partial charge is 1.00 e. The van der Waals surface area contributed by atoms with Crippen LogP contribution in [0.3, 0.4) is 0 Å². The number of hydrogen-bond acceptors (Lipinski definition) is 4. The fourth-order valence-electron chi connectivity index (χ4n) is 4.99. The molecule has 0 spiro atoms. The van der Waals surface area contributed by atoms with Crippen LogP contribution in [0.25, 0.3) is 0 Å². The van der Waals surface area contributed by atoms with Gasteiger partial charge in [0.15, 0.2) is 35.4 Å². The molecule has 0 fully saturated rings. The van der Waals surface area contributed by atoms with E-state index < -0.39 is 5.60 Å². The van der Waals surface area contributed by atoms with Gasteiger partial charge in [-0.3, -0.25) is 4.79 Å². The summed E-state index contributed by atoms with van der Waals surface area (Å²) in [5.41, 5.74) is 3.01. The summed E-state index contributed by atoms with van der Waals surface area (Å²) in [5.74, 6) is 1.66. The zero-order valence-electron chi connectivity index (χ0n) is 23.4. The number of aliphatic hydroxyl groups is 1. The number of aromatic nitrogens is 2. The first-order valence-corrected chi connectivity index (χ1v) is 12.8. The molecule has 3 heterocycles. The Morgan fingerprint density at radius 3 is 1.98 bits per heavy atom. The van der Waals surface area contributed by atoms with Crippen molar-refractivity contribution in [3.8, 4) is 11.5 Å². The van der Waals surface area contributed by atoms with Gasteiger partial charge in [-0.2, -0.15) is 9.13 Å². The lowest BCUT2D eigenvalue weighted by atomic mass is 9.86. The molecule has 3 unspecified atom stereocenters. The average Bonchev–Trinajstić information content (AvgIpc) is 3.23. The van der Waals surface area contributed by atoms with Crippen LogP contribution in [0.5, 0.6) is 11.5 Å². The molecule has 40 heavy (non-hydrogen) atoms. The maximum Gasteiger partial charge on any atom is 0.230 e. The molecule has 0 bridgehead atoms. The highest BCUT2D eigenvalue weighted by atomic mass is 79.9. The Bertz CT molecular complexity index is 1400. The highest BCUT2D eigenvalue weighted by Gasteiger charge is 2.50. The first kappa shape index (κ1) is 33.1. The summed E-state index contributed by atoms with van der Waals surface area (Å²) >= 11 is 0. The third-order valence-electron chi connectivity index (χ3n) is 7.40. The van der Waals surface area contributed by atoms with Gasteiger partial charge in [0.1, 0.15) is 11.5 Å². The van der Waals surface area contributed by atoms with Gasteiger partial charge in [-0.1, -0.05) is 24.3 Å². The second kappa shape index (κ2) is 14.5. The molecule has 8 heteroatoms. The van der Waals surface area contributed by atoms with Crippen LogP contribution in [0.2, 0.25) is 0 Å². The molecular weight excluding hydrogens is 636 g/mol. The molecule has 1 aliphatic rings. The van der Waals surface area contributed by atoms with E-state index in [2.05, 4.69) is 17.6 Å². The van der Waals surface area contributed by atoms with Crippen molar-refractivity contribution in [1.29, 1.82) is 0 Å². The smallest absolute Gasteiger partial charge is 0.230 e. The zero-order valence-corrected chi connectivity index (χ0v) is 26.6. The number of methoxy groups -OCH3 is 2. The Morgan fingerprint density at radius 1 is 0.875 bits per heavy atom. The van der Waals surface area contributed by atoms with Crippen LogP contribution < -0.4 is 52.6 Å². The summed E-state index contributed by atoms with van der Waals surface area (Å²) in [6.07, 6.45) is 4.60. The molecule has 0 aliphatic carbocycles. The number of fused-ring (bicyclic) bond motifs is 1. The monoisotopic (exact) mass is 670 g/mol. The van der Waals surface area contributed by atoms with E-state index in [0.717, 1.165) is 28.5 Å². The number of pyridine rings is 2. The van der Waals surface area contributed by atoms with Gasteiger partial charge in [0.25, 0.3) is 0 Å². The highest BCUT2D eigenvalue weighted by Crippen LogP contribution is 2.38. The predicted octanol–water partition coefficient (Wildman–Crippen LogP) is -1.27. The van der Waals surface area contributed by atoms with Crippen LogP contribution >= 0.6 is 0 Å². The maximum absolute atomic E-state index is 12.4. The minimum atomic E-state index is -0.847. The fourth-order valence-corrected chi connectivity index (χ4v) is 4.99. The van der Waals surface area contributed by atoms with Crippen molar-refractivity contribution in [1.82, 2.24) is 0 Å². The standard InChI is InChI=1S/2C16H18NO2.2BrH/c1-12-16(18,11-14-5-3-4-10-17(12)14)13-6-8-15(19-2)9-7-13;1-12-6-4-5-11-17(12)13(2)16(18)14-7-9-15(19-3)10-8-14;;/h3-10,12,18H,11H2,1-2H3;4-11,13H,1-3H3;2*1H/q2*+1;;/p-2. The number of carbonyl (C=O) groups excluding carboxylic acids is 1. The van der Waals surface area contributed by atoms with Crippen LogP contribution in [-0.2, 0) is 12.0 Å². The summed E-state index contributed by atoms with van der Waals surface area (Å²) in [7, 11) is 3.26. The Balaban J connectivity index is 0.000000267. The van der Waals surface area contributed by atoms with Gasteiger partial charge < -0.3 is 48.5 Å². The molecule has 0 amide bonds. The van der Waals surface area contributed by atoms with Crippen molar-refractivity contribution >= 4 is 5.78 Å². The summed E-state index contributed by atoms with van der Waals surface area (Å²) < 4.78 is 14.4. The highest BCUT2D eigenvalue weighted by molar-refractivity contribution is 5.97.